The molecule has 104 valence electrons. The fourth-order valence-corrected chi connectivity index (χ4v) is 2.85. The van der Waals surface area contributed by atoms with E-state index in [0.29, 0.717) is 5.95 Å². The highest BCUT2D eigenvalue weighted by molar-refractivity contribution is 7.11. The van der Waals surface area contributed by atoms with Crippen LogP contribution in [0.1, 0.15) is 35.3 Å². The summed E-state index contributed by atoms with van der Waals surface area (Å²) >= 11 is 1.73. The Hall–Kier alpha value is -1.95. The van der Waals surface area contributed by atoms with E-state index < -0.39 is 0 Å². The van der Waals surface area contributed by atoms with Gasteiger partial charge in [-0.25, -0.2) is 9.50 Å². The molecule has 1 N–H and O–H groups in total. The molecule has 0 bridgehead atoms. The molecule has 1 unspecified atom stereocenters. The number of hydrogen-bond acceptors (Lipinski definition) is 5. The average Bonchev–Trinajstić information content (AvgIpc) is 3.03. The van der Waals surface area contributed by atoms with Crippen LogP contribution in [0, 0.1) is 6.92 Å². The van der Waals surface area contributed by atoms with E-state index in [4.69, 9.17) is 0 Å². The van der Waals surface area contributed by atoms with E-state index in [1.165, 1.54) is 4.88 Å². The first-order valence-electron chi connectivity index (χ1n) is 6.70. The molecule has 0 radical (unpaired) electrons. The Morgan fingerprint density at radius 2 is 2.25 bits per heavy atom. The molecule has 20 heavy (non-hydrogen) atoms. The predicted octanol–water partition coefficient (Wildman–Crippen LogP) is 3.23. The topological polar surface area (TPSA) is 55.1 Å². The number of pyridine rings is 1. The van der Waals surface area contributed by atoms with Crippen LogP contribution in [0.25, 0.3) is 5.65 Å². The molecule has 3 heterocycles. The lowest BCUT2D eigenvalue weighted by molar-refractivity contribution is 0.841. The van der Waals surface area contributed by atoms with Crippen molar-refractivity contribution in [3.8, 4) is 0 Å². The molecule has 0 amide bonds. The summed E-state index contributed by atoms with van der Waals surface area (Å²) in [6.07, 6.45) is 4.94. The standard InChI is InChI=1S/C14H17N5S/c1-4-11-7-15-13(20-11)10(3)16-14-17-12-6-5-9(2)8-19(12)18-14/h5-8,10H,4H2,1-3H3,(H,16,18). The van der Waals surface area contributed by atoms with Gasteiger partial charge in [-0.1, -0.05) is 13.0 Å². The van der Waals surface area contributed by atoms with Gasteiger partial charge in [-0.3, -0.25) is 0 Å². The quantitative estimate of drug-likeness (QED) is 0.800. The normalized spacial score (nSPS) is 12.8. The van der Waals surface area contributed by atoms with Crippen LogP contribution in [0.5, 0.6) is 0 Å². The molecule has 1 atom stereocenters. The second kappa shape index (κ2) is 5.20. The molecule has 5 nitrogen and oxygen atoms in total. The van der Waals surface area contributed by atoms with E-state index in [0.717, 1.165) is 22.6 Å². The van der Waals surface area contributed by atoms with Crippen LogP contribution in [0.4, 0.5) is 5.95 Å². The highest BCUT2D eigenvalue weighted by atomic mass is 32.1. The van der Waals surface area contributed by atoms with Crippen LogP contribution in [0.2, 0.25) is 0 Å². The Bertz CT molecular complexity index is 730. The summed E-state index contributed by atoms with van der Waals surface area (Å²) in [6.45, 7) is 6.26. The van der Waals surface area contributed by atoms with Gasteiger partial charge in [-0.2, -0.15) is 4.98 Å². The van der Waals surface area contributed by atoms with Crippen molar-refractivity contribution in [3.05, 3.63) is 40.0 Å². The lowest BCUT2D eigenvalue weighted by atomic mass is 10.3. The van der Waals surface area contributed by atoms with Crippen LogP contribution in [0.15, 0.2) is 24.5 Å². The Kier molecular flexibility index (Phi) is 3.40. The molecule has 3 aromatic heterocycles. The highest BCUT2D eigenvalue weighted by Gasteiger charge is 2.12. The van der Waals surface area contributed by atoms with Crippen molar-refractivity contribution in [1.29, 1.82) is 0 Å². The van der Waals surface area contributed by atoms with Crippen molar-refractivity contribution in [2.75, 3.05) is 5.32 Å². The number of nitrogens with one attached hydrogen (secondary N) is 1. The van der Waals surface area contributed by atoms with Gasteiger partial charge in [0.15, 0.2) is 5.65 Å². The van der Waals surface area contributed by atoms with E-state index in [2.05, 4.69) is 34.2 Å². The maximum Gasteiger partial charge on any atom is 0.243 e. The third-order valence-electron chi connectivity index (χ3n) is 3.11. The molecule has 6 heteroatoms. The summed E-state index contributed by atoms with van der Waals surface area (Å²) in [5.74, 6) is 0.636. The van der Waals surface area contributed by atoms with E-state index in [9.17, 15) is 0 Å². The van der Waals surface area contributed by atoms with Crippen molar-refractivity contribution in [2.24, 2.45) is 0 Å². The first kappa shape index (κ1) is 13.1. The molecule has 3 aromatic rings. The third kappa shape index (κ3) is 2.51. The van der Waals surface area contributed by atoms with E-state index in [1.807, 2.05) is 31.5 Å². The average molecular weight is 287 g/mol. The summed E-state index contributed by atoms with van der Waals surface area (Å²) in [7, 11) is 0. The highest BCUT2D eigenvalue weighted by Crippen LogP contribution is 2.23. The zero-order chi connectivity index (χ0) is 14.1. The minimum Gasteiger partial charge on any atom is -0.344 e. The first-order valence-corrected chi connectivity index (χ1v) is 7.51. The van der Waals surface area contributed by atoms with Crippen molar-refractivity contribution in [3.63, 3.8) is 0 Å². The number of aryl methyl sites for hydroxylation is 2. The lowest BCUT2D eigenvalue weighted by Gasteiger charge is -2.08. The monoisotopic (exact) mass is 287 g/mol. The molecule has 0 saturated carbocycles. The minimum atomic E-state index is 0.110. The Balaban J connectivity index is 1.81. The van der Waals surface area contributed by atoms with Gasteiger partial charge in [0.05, 0.1) is 6.04 Å². The van der Waals surface area contributed by atoms with Crippen LogP contribution in [0.3, 0.4) is 0 Å². The van der Waals surface area contributed by atoms with Gasteiger partial charge in [0.2, 0.25) is 5.95 Å². The van der Waals surface area contributed by atoms with Crippen LogP contribution in [-0.4, -0.2) is 19.6 Å². The van der Waals surface area contributed by atoms with Gasteiger partial charge in [0, 0.05) is 17.3 Å². The number of aromatic nitrogens is 4. The molecule has 0 fully saturated rings. The number of nitrogens with zero attached hydrogens (tertiary/aromatic N) is 4. The van der Waals surface area contributed by atoms with Gasteiger partial charge < -0.3 is 5.32 Å². The zero-order valence-electron chi connectivity index (χ0n) is 11.8. The van der Waals surface area contributed by atoms with E-state index in [-0.39, 0.29) is 6.04 Å². The van der Waals surface area contributed by atoms with Gasteiger partial charge in [0.25, 0.3) is 0 Å². The second-order valence-electron chi connectivity index (χ2n) is 4.83. The minimum absolute atomic E-state index is 0.110. The maximum atomic E-state index is 4.46. The van der Waals surface area contributed by atoms with Crippen molar-refractivity contribution in [1.82, 2.24) is 19.6 Å². The van der Waals surface area contributed by atoms with Crippen molar-refractivity contribution >= 4 is 22.9 Å². The molecule has 0 aliphatic carbocycles. The molecule has 3 rings (SSSR count). The van der Waals surface area contributed by atoms with Gasteiger partial charge in [-0.05, 0) is 31.9 Å². The molecule has 0 aliphatic heterocycles. The van der Waals surface area contributed by atoms with E-state index >= 15 is 0 Å². The third-order valence-corrected chi connectivity index (χ3v) is 4.44. The number of fused-ring (bicyclic) bond motifs is 1. The van der Waals surface area contributed by atoms with Gasteiger partial charge >= 0.3 is 0 Å². The van der Waals surface area contributed by atoms with Crippen molar-refractivity contribution in [2.45, 2.75) is 33.2 Å². The van der Waals surface area contributed by atoms with Crippen LogP contribution in [-0.2, 0) is 6.42 Å². The Labute approximate surface area is 121 Å². The summed E-state index contributed by atoms with van der Waals surface area (Å²) in [5.41, 5.74) is 2.01. The van der Waals surface area contributed by atoms with Crippen molar-refractivity contribution < 1.29 is 0 Å². The molecule has 0 saturated heterocycles. The molecule has 0 spiro atoms. The molecule has 0 aromatic carbocycles. The summed E-state index contributed by atoms with van der Waals surface area (Å²) in [4.78, 5) is 10.2. The number of anilines is 1. The van der Waals surface area contributed by atoms with Gasteiger partial charge in [-0.15, -0.1) is 16.4 Å². The van der Waals surface area contributed by atoms with E-state index in [1.54, 1.807) is 15.9 Å². The van der Waals surface area contributed by atoms with Crippen LogP contribution >= 0.6 is 11.3 Å². The lowest BCUT2D eigenvalue weighted by Crippen LogP contribution is -2.07. The number of thiazole rings is 1. The molecule has 0 aliphatic rings. The first-order chi connectivity index (χ1) is 9.65. The van der Waals surface area contributed by atoms with Gasteiger partial charge in [0.1, 0.15) is 5.01 Å². The maximum absolute atomic E-state index is 4.46. The predicted molar refractivity (Wildman–Crippen MR) is 81.3 cm³/mol. The summed E-state index contributed by atoms with van der Waals surface area (Å²) in [6, 6.07) is 4.11. The fourth-order valence-electron chi connectivity index (χ4n) is 1.99. The Morgan fingerprint density at radius 1 is 1.40 bits per heavy atom. The fraction of sp³-hybridized carbons (Fsp3) is 0.357. The SMILES string of the molecule is CCc1cnc(C(C)Nc2nc3ccc(C)cn3n2)s1. The van der Waals surface area contributed by atoms with Crippen LogP contribution < -0.4 is 5.32 Å². The second-order valence-corrected chi connectivity index (χ2v) is 5.98. The zero-order valence-corrected chi connectivity index (χ0v) is 12.6. The summed E-state index contributed by atoms with van der Waals surface area (Å²) in [5, 5.41) is 8.81. The number of hydrogen-bond donors (Lipinski definition) is 1. The smallest absolute Gasteiger partial charge is 0.243 e. The molecular formula is C14H17N5S. The number of rotatable bonds is 4. The molecular weight excluding hydrogens is 270 g/mol. The Morgan fingerprint density at radius 3 is 3.00 bits per heavy atom. The summed E-state index contributed by atoms with van der Waals surface area (Å²) < 4.78 is 1.80. The largest absolute Gasteiger partial charge is 0.344 e.